The van der Waals surface area contributed by atoms with Gasteiger partial charge in [0.25, 0.3) is 9.84 Å². The van der Waals surface area contributed by atoms with Crippen LogP contribution in [0.5, 0.6) is 0 Å². The molecule has 2 rings (SSSR count). The van der Waals surface area contributed by atoms with Gasteiger partial charge in [-0.3, -0.25) is 0 Å². The van der Waals surface area contributed by atoms with Crippen molar-refractivity contribution in [3.8, 4) is 22.3 Å². The van der Waals surface area contributed by atoms with Crippen LogP contribution in [-0.4, -0.2) is 8.42 Å². The van der Waals surface area contributed by atoms with Gasteiger partial charge in [-0.05, 0) is 36.1 Å². The topological polar surface area (TPSA) is 34.1 Å². The molecule has 2 aromatic rings. The number of hydrogen-bond donors (Lipinski definition) is 0. The molecule has 0 heterocycles. The predicted molar refractivity (Wildman–Crippen MR) is 75.6 cm³/mol. The van der Waals surface area contributed by atoms with Crippen LogP contribution in [0.2, 0.25) is 0 Å². The SMILES string of the molecule is O=S(=O)(C#Cc1ccccc1)C#Cc1ccccc1. The molecule has 0 aliphatic heterocycles. The van der Waals surface area contributed by atoms with Crippen LogP contribution in [0.1, 0.15) is 11.1 Å². The molecular formula is C16H10O2S. The molecule has 0 aliphatic carbocycles. The molecule has 0 radical (unpaired) electrons. The summed E-state index contributed by atoms with van der Waals surface area (Å²) in [7, 11) is -3.70. The van der Waals surface area contributed by atoms with Crippen molar-refractivity contribution in [1.82, 2.24) is 0 Å². The van der Waals surface area contributed by atoms with Crippen LogP contribution in [0.3, 0.4) is 0 Å². The Labute approximate surface area is 113 Å². The van der Waals surface area contributed by atoms with Gasteiger partial charge in [-0.25, -0.2) is 8.42 Å². The molecule has 0 saturated heterocycles. The zero-order valence-electron chi connectivity index (χ0n) is 10.00. The van der Waals surface area contributed by atoms with E-state index < -0.39 is 9.84 Å². The molecule has 3 heteroatoms. The Morgan fingerprint density at radius 3 is 1.37 bits per heavy atom. The van der Waals surface area contributed by atoms with Gasteiger partial charge >= 0.3 is 0 Å². The Kier molecular flexibility index (Phi) is 4.03. The second-order valence-corrected chi connectivity index (χ2v) is 5.10. The van der Waals surface area contributed by atoms with E-state index in [2.05, 4.69) is 22.3 Å². The van der Waals surface area contributed by atoms with Crippen LogP contribution in [0.4, 0.5) is 0 Å². The van der Waals surface area contributed by atoms with E-state index in [0.717, 1.165) is 0 Å². The van der Waals surface area contributed by atoms with E-state index in [1.54, 1.807) is 48.5 Å². The Morgan fingerprint density at radius 1 is 0.632 bits per heavy atom. The molecule has 0 N–H and O–H groups in total. The third-order valence-electron chi connectivity index (χ3n) is 2.21. The van der Waals surface area contributed by atoms with Crippen molar-refractivity contribution in [2.45, 2.75) is 0 Å². The van der Waals surface area contributed by atoms with Crippen molar-refractivity contribution in [2.24, 2.45) is 0 Å². The van der Waals surface area contributed by atoms with Crippen molar-refractivity contribution in [2.75, 3.05) is 0 Å². The van der Waals surface area contributed by atoms with Gasteiger partial charge in [-0.15, -0.1) is 0 Å². The first-order valence-electron chi connectivity index (χ1n) is 5.56. The first-order chi connectivity index (χ1) is 9.16. The minimum atomic E-state index is -3.70. The largest absolute Gasteiger partial charge is 0.284 e. The summed E-state index contributed by atoms with van der Waals surface area (Å²) in [5.74, 6) is 5.16. The zero-order valence-corrected chi connectivity index (χ0v) is 10.8. The summed E-state index contributed by atoms with van der Waals surface area (Å²) in [6, 6.07) is 17.8. The maximum Gasteiger partial charge on any atom is 0.284 e. The van der Waals surface area contributed by atoms with Gasteiger partial charge in [0.05, 0.1) is 0 Å². The molecule has 2 nitrogen and oxygen atoms in total. The van der Waals surface area contributed by atoms with E-state index >= 15 is 0 Å². The molecule has 2 aromatic carbocycles. The fourth-order valence-electron chi connectivity index (χ4n) is 1.32. The molecule has 0 spiro atoms. The normalized spacial score (nSPS) is 9.68. The van der Waals surface area contributed by atoms with Gasteiger partial charge in [0.2, 0.25) is 0 Å². The maximum absolute atomic E-state index is 11.6. The Balaban J connectivity index is 2.22. The quantitative estimate of drug-likeness (QED) is 0.686. The zero-order chi connectivity index (χ0) is 13.6. The minimum Gasteiger partial charge on any atom is -0.202 e. The maximum atomic E-state index is 11.6. The summed E-state index contributed by atoms with van der Waals surface area (Å²) in [6.07, 6.45) is 0. The average Bonchev–Trinajstić information content (AvgIpc) is 2.46. The van der Waals surface area contributed by atoms with Gasteiger partial charge in [0.1, 0.15) is 0 Å². The fourth-order valence-corrected chi connectivity index (χ4v) is 1.88. The minimum absolute atomic E-state index is 0.646. The van der Waals surface area contributed by atoms with E-state index in [0.29, 0.717) is 11.1 Å². The lowest BCUT2D eigenvalue weighted by atomic mass is 10.2. The number of benzene rings is 2. The Morgan fingerprint density at radius 2 is 1.00 bits per heavy atom. The van der Waals surface area contributed by atoms with Gasteiger partial charge in [0.15, 0.2) is 0 Å². The van der Waals surface area contributed by atoms with Gasteiger partial charge in [0, 0.05) is 21.6 Å². The summed E-state index contributed by atoms with van der Waals surface area (Å²) in [5.41, 5.74) is 1.29. The lowest BCUT2D eigenvalue weighted by Crippen LogP contribution is -1.90. The van der Waals surface area contributed by atoms with Crippen LogP contribution in [0.15, 0.2) is 60.7 Å². The second-order valence-electron chi connectivity index (χ2n) is 3.69. The van der Waals surface area contributed by atoms with Crippen LogP contribution < -0.4 is 0 Å². The summed E-state index contributed by atoms with van der Waals surface area (Å²) >= 11 is 0. The number of sulfone groups is 1. The van der Waals surface area contributed by atoms with E-state index in [9.17, 15) is 8.42 Å². The summed E-state index contributed by atoms with van der Waals surface area (Å²) in [5, 5.41) is 4.39. The first-order valence-corrected chi connectivity index (χ1v) is 7.05. The van der Waals surface area contributed by atoms with Crippen molar-refractivity contribution in [1.29, 1.82) is 0 Å². The fraction of sp³-hybridized carbons (Fsp3) is 0. The lowest BCUT2D eigenvalue weighted by Gasteiger charge is -1.87. The van der Waals surface area contributed by atoms with Crippen molar-refractivity contribution >= 4 is 9.84 Å². The third-order valence-corrected chi connectivity index (χ3v) is 2.95. The molecule has 0 aliphatic rings. The smallest absolute Gasteiger partial charge is 0.202 e. The third kappa shape index (κ3) is 4.35. The summed E-state index contributed by atoms with van der Waals surface area (Å²) in [6.45, 7) is 0. The van der Waals surface area contributed by atoms with Crippen LogP contribution >= 0.6 is 0 Å². The van der Waals surface area contributed by atoms with Crippen LogP contribution in [0.25, 0.3) is 0 Å². The standard InChI is InChI=1S/C16H10O2S/c17-19(18,13-11-15-7-3-1-4-8-15)14-12-16-9-5-2-6-10-16/h1-10H. The lowest BCUT2D eigenvalue weighted by molar-refractivity contribution is 0.615. The van der Waals surface area contributed by atoms with Crippen molar-refractivity contribution < 1.29 is 8.42 Å². The molecule has 0 unspecified atom stereocenters. The van der Waals surface area contributed by atoms with E-state index in [-0.39, 0.29) is 0 Å². The predicted octanol–water partition coefficient (Wildman–Crippen LogP) is 2.42. The van der Waals surface area contributed by atoms with E-state index in [4.69, 9.17) is 0 Å². The number of rotatable bonds is 0. The molecule has 0 aromatic heterocycles. The average molecular weight is 266 g/mol. The van der Waals surface area contributed by atoms with Crippen molar-refractivity contribution in [3.05, 3.63) is 71.8 Å². The van der Waals surface area contributed by atoms with Crippen LogP contribution in [0, 0.1) is 22.3 Å². The molecule has 0 fully saturated rings. The molecule has 19 heavy (non-hydrogen) atoms. The van der Waals surface area contributed by atoms with Gasteiger partial charge < -0.3 is 0 Å². The highest BCUT2D eigenvalue weighted by atomic mass is 32.2. The first kappa shape index (κ1) is 13.0. The Hall–Kier alpha value is -2.49. The van der Waals surface area contributed by atoms with Gasteiger partial charge in [-0.2, -0.15) is 0 Å². The molecule has 92 valence electrons. The molecule has 0 amide bonds. The molecule has 0 bridgehead atoms. The van der Waals surface area contributed by atoms with Crippen molar-refractivity contribution in [3.63, 3.8) is 0 Å². The summed E-state index contributed by atoms with van der Waals surface area (Å²) < 4.78 is 23.3. The molecule has 0 saturated carbocycles. The van der Waals surface area contributed by atoms with Gasteiger partial charge in [-0.1, -0.05) is 36.4 Å². The summed E-state index contributed by atoms with van der Waals surface area (Å²) in [4.78, 5) is 0. The van der Waals surface area contributed by atoms with Crippen LogP contribution in [-0.2, 0) is 9.84 Å². The highest BCUT2D eigenvalue weighted by Crippen LogP contribution is 1.98. The molecule has 0 atom stereocenters. The molecular weight excluding hydrogens is 256 g/mol. The highest BCUT2D eigenvalue weighted by Gasteiger charge is 1.98. The van der Waals surface area contributed by atoms with E-state index in [1.165, 1.54) is 0 Å². The monoisotopic (exact) mass is 266 g/mol. The highest BCUT2D eigenvalue weighted by molar-refractivity contribution is 8.00. The Bertz CT molecular complexity index is 705. The van der Waals surface area contributed by atoms with E-state index in [1.807, 2.05) is 12.1 Å². The number of hydrogen-bond acceptors (Lipinski definition) is 2. The second kappa shape index (κ2) is 5.91.